The molecule has 1 N–H and O–H groups in total. The molecule has 2 aromatic rings. The lowest BCUT2D eigenvalue weighted by Gasteiger charge is -2.08. The fraction of sp³-hybridized carbons (Fsp3) is 0.118. The molecule has 23 heavy (non-hydrogen) atoms. The molecule has 0 aliphatic rings. The maximum atomic E-state index is 13.0. The molecule has 0 radical (unpaired) electrons. The third-order valence-electron chi connectivity index (χ3n) is 2.92. The summed E-state index contributed by atoms with van der Waals surface area (Å²) in [6.07, 6.45) is -0.125. The topological polar surface area (TPSA) is 79.2 Å². The average Bonchev–Trinajstić information content (AvgIpc) is 2.53. The molecule has 116 valence electrons. The van der Waals surface area contributed by atoms with Gasteiger partial charge in [-0.05, 0) is 29.8 Å². The number of amides is 1. The van der Waals surface area contributed by atoms with Gasteiger partial charge in [-0.3, -0.25) is 9.59 Å². The van der Waals surface area contributed by atoms with E-state index in [2.05, 4.69) is 5.32 Å². The molecule has 2 aromatic carbocycles. The quantitative estimate of drug-likeness (QED) is 0.860. The highest BCUT2D eigenvalue weighted by Crippen LogP contribution is 2.13. The van der Waals surface area contributed by atoms with E-state index in [1.54, 1.807) is 30.3 Å². The van der Waals surface area contributed by atoms with Crippen LogP contribution >= 0.6 is 0 Å². The van der Waals surface area contributed by atoms with Crippen LogP contribution in [0.2, 0.25) is 0 Å². The SMILES string of the molecule is N#Cc1ccccc1NC(=O)COC(=O)Cc1cccc(F)c1. The number of rotatable bonds is 5. The summed E-state index contributed by atoms with van der Waals surface area (Å²) in [7, 11) is 0. The van der Waals surface area contributed by atoms with Gasteiger partial charge >= 0.3 is 5.97 Å². The molecule has 5 nitrogen and oxygen atoms in total. The number of halogens is 1. The Morgan fingerprint density at radius 3 is 2.70 bits per heavy atom. The zero-order valence-electron chi connectivity index (χ0n) is 12.1. The van der Waals surface area contributed by atoms with Crippen LogP contribution in [-0.4, -0.2) is 18.5 Å². The summed E-state index contributed by atoms with van der Waals surface area (Å²) in [5, 5.41) is 11.4. The number of ether oxygens (including phenoxy) is 1. The molecule has 0 heterocycles. The number of anilines is 1. The summed E-state index contributed by atoms with van der Waals surface area (Å²) in [6.45, 7) is -0.478. The molecular weight excluding hydrogens is 299 g/mol. The van der Waals surface area contributed by atoms with Gasteiger partial charge in [0, 0.05) is 0 Å². The van der Waals surface area contributed by atoms with Crippen LogP contribution in [0, 0.1) is 17.1 Å². The highest BCUT2D eigenvalue weighted by Gasteiger charge is 2.10. The van der Waals surface area contributed by atoms with Crippen molar-refractivity contribution in [3.8, 4) is 6.07 Å². The third kappa shape index (κ3) is 4.93. The van der Waals surface area contributed by atoms with E-state index < -0.39 is 24.3 Å². The zero-order valence-corrected chi connectivity index (χ0v) is 12.1. The van der Waals surface area contributed by atoms with Crippen LogP contribution in [0.1, 0.15) is 11.1 Å². The Morgan fingerprint density at radius 1 is 1.17 bits per heavy atom. The standard InChI is InChI=1S/C17H13FN2O3/c18-14-6-3-4-12(8-14)9-17(22)23-11-16(21)20-15-7-2-1-5-13(15)10-19/h1-8H,9,11H2,(H,20,21). The van der Waals surface area contributed by atoms with Crippen LogP contribution < -0.4 is 5.32 Å². The Balaban J connectivity index is 1.84. The fourth-order valence-corrected chi connectivity index (χ4v) is 1.89. The predicted octanol–water partition coefficient (Wildman–Crippen LogP) is 2.42. The molecule has 0 aromatic heterocycles. The second-order valence-electron chi connectivity index (χ2n) is 4.67. The molecule has 0 atom stereocenters. The molecule has 0 bridgehead atoms. The number of esters is 1. The number of hydrogen-bond acceptors (Lipinski definition) is 4. The van der Waals surface area contributed by atoms with Gasteiger partial charge in [-0.15, -0.1) is 0 Å². The van der Waals surface area contributed by atoms with E-state index >= 15 is 0 Å². The first-order valence-corrected chi connectivity index (χ1v) is 6.77. The lowest BCUT2D eigenvalue weighted by Crippen LogP contribution is -2.22. The molecule has 1 amide bonds. The Hall–Kier alpha value is -3.20. The number of nitrogens with zero attached hydrogens (tertiary/aromatic N) is 1. The summed E-state index contributed by atoms with van der Waals surface area (Å²) in [4.78, 5) is 23.4. The van der Waals surface area contributed by atoms with Crippen molar-refractivity contribution >= 4 is 17.6 Å². The van der Waals surface area contributed by atoms with Crippen molar-refractivity contribution in [3.63, 3.8) is 0 Å². The van der Waals surface area contributed by atoms with Crippen molar-refractivity contribution in [1.82, 2.24) is 0 Å². The van der Waals surface area contributed by atoms with Gasteiger partial charge in [-0.1, -0.05) is 24.3 Å². The van der Waals surface area contributed by atoms with Gasteiger partial charge in [-0.2, -0.15) is 5.26 Å². The van der Waals surface area contributed by atoms with Gasteiger partial charge in [0.05, 0.1) is 17.7 Å². The molecule has 0 saturated heterocycles. The molecule has 0 aliphatic heterocycles. The summed E-state index contributed by atoms with van der Waals surface area (Å²) >= 11 is 0. The van der Waals surface area contributed by atoms with Crippen molar-refractivity contribution in [3.05, 3.63) is 65.5 Å². The van der Waals surface area contributed by atoms with Gasteiger partial charge in [0.15, 0.2) is 6.61 Å². The first kappa shape index (κ1) is 16.2. The molecule has 6 heteroatoms. The van der Waals surface area contributed by atoms with Crippen LogP contribution in [0.25, 0.3) is 0 Å². The number of nitriles is 1. The first-order chi connectivity index (χ1) is 11.1. The lowest BCUT2D eigenvalue weighted by molar-refractivity contribution is -0.146. The van der Waals surface area contributed by atoms with E-state index in [4.69, 9.17) is 10.00 Å². The highest BCUT2D eigenvalue weighted by atomic mass is 19.1. The van der Waals surface area contributed by atoms with Crippen molar-refractivity contribution in [2.24, 2.45) is 0 Å². The van der Waals surface area contributed by atoms with Crippen LogP contribution in [0.4, 0.5) is 10.1 Å². The third-order valence-corrected chi connectivity index (χ3v) is 2.92. The Bertz CT molecular complexity index is 768. The fourth-order valence-electron chi connectivity index (χ4n) is 1.89. The summed E-state index contributed by atoms with van der Waals surface area (Å²) < 4.78 is 17.8. The predicted molar refractivity (Wildman–Crippen MR) is 80.8 cm³/mol. The van der Waals surface area contributed by atoms with E-state index in [-0.39, 0.29) is 6.42 Å². The zero-order chi connectivity index (χ0) is 16.7. The number of benzene rings is 2. The van der Waals surface area contributed by atoms with Crippen molar-refractivity contribution in [2.75, 3.05) is 11.9 Å². The highest BCUT2D eigenvalue weighted by molar-refractivity contribution is 5.94. The normalized spacial score (nSPS) is 9.74. The largest absolute Gasteiger partial charge is 0.455 e. The summed E-state index contributed by atoms with van der Waals surface area (Å²) in [5.41, 5.74) is 1.12. The van der Waals surface area contributed by atoms with E-state index in [0.717, 1.165) is 0 Å². The van der Waals surface area contributed by atoms with Crippen molar-refractivity contribution < 1.29 is 18.7 Å². The Labute approximate surface area is 132 Å². The molecule has 2 rings (SSSR count). The second kappa shape index (κ2) is 7.71. The number of nitrogens with one attached hydrogen (secondary N) is 1. The van der Waals surface area contributed by atoms with Gasteiger partial charge in [0.1, 0.15) is 11.9 Å². The van der Waals surface area contributed by atoms with E-state index in [1.807, 2.05) is 6.07 Å². The monoisotopic (exact) mass is 312 g/mol. The smallest absolute Gasteiger partial charge is 0.310 e. The van der Waals surface area contributed by atoms with Gasteiger partial charge in [0.2, 0.25) is 0 Å². The number of para-hydroxylation sites is 1. The maximum absolute atomic E-state index is 13.0. The number of carbonyl (C=O) groups excluding carboxylic acids is 2. The van der Waals surface area contributed by atoms with Crippen LogP contribution in [0.5, 0.6) is 0 Å². The first-order valence-electron chi connectivity index (χ1n) is 6.77. The lowest BCUT2D eigenvalue weighted by atomic mass is 10.1. The van der Waals surface area contributed by atoms with Crippen molar-refractivity contribution in [2.45, 2.75) is 6.42 Å². The number of carbonyl (C=O) groups is 2. The van der Waals surface area contributed by atoms with Crippen LogP contribution in [-0.2, 0) is 20.7 Å². The van der Waals surface area contributed by atoms with Crippen molar-refractivity contribution in [1.29, 1.82) is 5.26 Å². The minimum Gasteiger partial charge on any atom is -0.455 e. The van der Waals surface area contributed by atoms with Gasteiger partial charge in [-0.25, -0.2) is 4.39 Å². The van der Waals surface area contributed by atoms with E-state index in [9.17, 15) is 14.0 Å². The minimum absolute atomic E-state index is 0.125. The molecule has 0 unspecified atom stereocenters. The molecule has 0 fully saturated rings. The number of hydrogen-bond donors (Lipinski definition) is 1. The van der Waals surface area contributed by atoms with E-state index in [0.29, 0.717) is 16.8 Å². The van der Waals surface area contributed by atoms with E-state index in [1.165, 1.54) is 18.2 Å². The molecular formula is C17H13FN2O3. The molecule has 0 aliphatic carbocycles. The summed E-state index contributed by atoms with van der Waals surface area (Å²) in [5.74, 6) is -1.64. The molecule has 0 spiro atoms. The van der Waals surface area contributed by atoms with Crippen LogP contribution in [0.3, 0.4) is 0 Å². The Kier molecular flexibility index (Phi) is 5.42. The van der Waals surface area contributed by atoms with Gasteiger partial charge in [0.25, 0.3) is 5.91 Å². The maximum Gasteiger partial charge on any atom is 0.310 e. The summed E-state index contributed by atoms with van der Waals surface area (Å²) in [6, 6.07) is 14.0. The average molecular weight is 312 g/mol. The van der Waals surface area contributed by atoms with Crippen LogP contribution in [0.15, 0.2) is 48.5 Å². The Morgan fingerprint density at radius 2 is 1.96 bits per heavy atom. The minimum atomic E-state index is -0.640. The second-order valence-corrected chi connectivity index (χ2v) is 4.67. The van der Waals surface area contributed by atoms with Gasteiger partial charge < -0.3 is 10.1 Å². The molecule has 0 saturated carbocycles.